The van der Waals surface area contributed by atoms with Crippen molar-refractivity contribution >= 4 is 34.8 Å². The first-order valence-electron chi connectivity index (χ1n) is 13.9. The van der Waals surface area contributed by atoms with Crippen LogP contribution in [0.5, 0.6) is 0 Å². The summed E-state index contributed by atoms with van der Waals surface area (Å²) in [6.45, 7) is 0.586. The van der Waals surface area contributed by atoms with E-state index in [1.54, 1.807) is 24.3 Å². The fourth-order valence-electron chi connectivity index (χ4n) is 4.37. The second-order valence-corrected chi connectivity index (χ2v) is 9.84. The van der Waals surface area contributed by atoms with Gasteiger partial charge in [0.2, 0.25) is 5.91 Å². The molecule has 0 aliphatic carbocycles. The summed E-state index contributed by atoms with van der Waals surface area (Å²) in [6, 6.07) is 26.6. The normalized spacial score (nSPS) is 11.3. The number of esters is 1. The number of para-hydroxylation sites is 1. The van der Waals surface area contributed by atoms with Crippen LogP contribution in [0.1, 0.15) is 40.0 Å². The highest BCUT2D eigenvalue weighted by molar-refractivity contribution is 5.97. The van der Waals surface area contributed by atoms with Gasteiger partial charge in [0.05, 0.1) is 19.0 Å². The minimum Gasteiger partial charge on any atom is -0.469 e. The van der Waals surface area contributed by atoms with Crippen LogP contribution in [0.25, 0.3) is 10.9 Å². The number of amides is 3. The Labute approximate surface area is 249 Å². The topological polar surface area (TPSA) is 136 Å². The third-order valence-corrected chi connectivity index (χ3v) is 6.64. The predicted molar refractivity (Wildman–Crippen MR) is 161 cm³/mol. The maximum absolute atomic E-state index is 13.3. The van der Waals surface area contributed by atoms with Crippen LogP contribution in [-0.2, 0) is 38.6 Å². The Morgan fingerprint density at radius 1 is 0.814 bits per heavy atom. The van der Waals surface area contributed by atoms with Gasteiger partial charge in [0.1, 0.15) is 18.3 Å². The van der Waals surface area contributed by atoms with Crippen molar-refractivity contribution in [1.29, 1.82) is 0 Å². The number of pyridine rings is 1. The van der Waals surface area contributed by atoms with E-state index < -0.39 is 18.0 Å². The summed E-state index contributed by atoms with van der Waals surface area (Å²) in [4.78, 5) is 54.6. The lowest BCUT2D eigenvalue weighted by atomic mass is 10.1. The molecule has 0 aliphatic rings. The lowest BCUT2D eigenvalue weighted by Gasteiger charge is -2.19. The molecule has 43 heavy (non-hydrogen) atoms. The molecule has 0 unspecified atom stereocenters. The summed E-state index contributed by atoms with van der Waals surface area (Å²) < 4.78 is 9.96. The average Bonchev–Trinajstić information content (AvgIpc) is 3.04. The number of hydrogen-bond acceptors (Lipinski definition) is 7. The van der Waals surface area contributed by atoms with Gasteiger partial charge in [0, 0.05) is 18.5 Å². The minimum atomic E-state index is -0.888. The Kier molecular flexibility index (Phi) is 11.2. The molecule has 0 aliphatic heterocycles. The van der Waals surface area contributed by atoms with Gasteiger partial charge < -0.3 is 25.4 Å². The molecule has 0 saturated carbocycles. The van der Waals surface area contributed by atoms with E-state index in [0.717, 1.165) is 22.1 Å². The number of rotatable bonds is 13. The quantitative estimate of drug-likeness (QED) is 0.160. The van der Waals surface area contributed by atoms with Gasteiger partial charge in [-0.1, -0.05) is 78.9 Å². The molecule has 0 bridgehead atoms. The molecule has 4 aromatic rings. The van der Waals surface area contributed by atoms with E-state index in [1.807, 2.05) is 66.7 Å². The van der Waals surface area contributed by atoms with Gasteiger partial charge in [-0.3, -0.25) is 14.4 Å². The monoisotopic (exact) mass is 582 g/mol. The van der Waals surface area contributed by atoms with Gasteiger partial charge in [-0.05, 0) is 41.7 Å². The van der Waals surface area contributed by atoms with Crippen LogP contribution in [-0.4, -0.2) is 48.6 Å². The number of methoxy groups -OCH3 is 1. The summed E-state index contributed by atoms with van der Waals surface area (Å²) in [5.74, 6) is -1.23. The maximum Gasteiger partial charge on any atom is 0.407 e. The third kappa shape index (κ3) is 9.67. The SMILES string of the molecule is COC(=O)Cc1cccc(CNC(=O)[C@H](CCCNC(=O)OCc2ccccc2)NC(=O)c2ccc3ccccc3n2)c1. The first kappa shape index (κ1) is 30.7. The second-order valence-electron chi connectivity index (χ2n) is 9.84. The van der Waals surface area contributed by atoms with E-state index in [-0.39, 0.29) is 50.1 Å². The molecule has 222 valence electrons. The summed E-state index contributed by atoms with van der Waals surface area (Å²) >= 11 is 0. The molecule has 0 radical (unpaired) electrons. The Hall–Kier alpha value is -5.25. The number of nitrogens with one attached hydrogen (secondary N) is 3. The van der Waals surface area contributed by atoms with Crippen LogP contribution in [0.3, 0.4) is 0 Å². The predicted octanol–water partition coefficient (Wildman–Crippen LogP) is 4.07. The number of benzene rings is 3. The Balaban J connectivity index is 1.35. The number of carbonyl (C=O) groups excluding carboxylic acids is 4. The number of hydrogen-bond donors (Lipinski definition) is 3. The van der Waals surface area contributed by atoms with Crippen LogP contribution in [0.2, 0.25) is 0 Å². The van der Waals surface area contributed by atoms with Gasteiger partial charge in [-0.25, -0.2) is 9.78 Å². The van der Waals surface area contributed by atoms with Crippen molar-refractivity contribution in [3.05, 3.63) is 113 Å². The molecule has 10 nitrogen and oxygen atoms in total. The first-order valence-corrected chi connectivity index (χ1v) is 13.9. The Morgan fingerprint density at radius 3 is 2.37 bits per heavy atom. The fourth-order valence-corrected chi connectivity index (χ4v) is 4.37. The molecule has 3 aromatic carbocycles. The Morgan fingerprint density at radius 2 is 1.56 bits per heavy atom. The molecule has 4 rings (SSSR count). The highest BCUT2D eigenvalue weighted by atomic mass is 16.5. The molecule has 0 fully saturated rings. The Bertz CT molecular complexity index is 1560. The lowest BCUT2D eigenvalue weighted by Crippen LogP contribution is -2.47. The summed E-state index contributed by atoms with van der Waals surface area (Å²) in [5.41, 5.74) is 3.28. The van der Waals surface area contributed by atoms with Crippen molar-refractivity contribution in [3.63, 3.8) is 0 Å². The standard InChI is InChI=1S/C33H34N4O6/c1-42-30(38)20-24-11-7-12-25(19-24)21-35-31(39)28(15-8-18-34-33(41)43-22-23-9-3-2-4-10-23)37-32(40)29-17-16-26-13-5-6-14-27(26)36-29/h2-7,9-14,16-17,19,28H,8,15,18,20-22H2,1H3,(H,34,41)(H,35,39)(H,37,40)/t28-/m0/s1. The smallest absolute Gasteiger partial charge is 0.407 e. The summed E-state index contributed by atoms with van der Waals surface area (Å²) in [5, 5.41) is 9.24. The van der Waals surface area contributed by atoms with Crippen molar-refractivity contribution in [1.82, 2.24) is 20.9 Å². The van der Waals surface area contributed by atoms with Crippen molar-refractivity contribution in [2.24, 2.45) is 0 Å². The highest BCUT2D eigenvalue weighted by Gasteiger charge is 2.22. The van der Waals surface area contributed by atoms with Gasteiger partial charge in [0.15, 0.2) is 0 Å². The second kappa shape index (κ2) is 15.7. The van der Waals surface area contributed by atoms with Crippen molar-refractivity contribution in [2.45, 2.75) is 38.5 Å². The molecule has 1 aromatic heterocycles. The molecule has 3 N–H and O–H groups in total. The number of aromatic nitrogens is 1. The van der Waals surface area contributed by atoms with Gasteiger partial charge in [-0.15, -0.1) is 0 Å². The van der Waals surface area contributed by atoms with E-state index in [0.29, 0.717) is 11.9 Å². The highest BCUT2D eigenvalue weighted by Crippen LogP contribution is 2.13. The molecule has 3 amide bonds. The maximum atomic E-state index is 13.3. The van der Waals surface area contributed by atoms with E-state index in [1.165, 1.54) is 7.11 Å². The first-order chi connectivity index (χ1) is 20.9. The lowest BCUT2D eigenvalue weighted by molar-refractivity contribution is -0.139. The fraction of sp³-hybridized carbons (Fsp3) is 0.242. The van der Waals surface area contributed by atoms with Crippen molar-refractivity contribution in [3.8, 4) is 0 Å². The van der Waals surface area contributed by atoms with Crippen LogP contribution in [0.4, 0.5) is 4.79 Å². The van der Waals surface area contributed by atoms with Gasteiger partial charge >= 0.3 is 12.1 Å². The largest absolute Gasteiger partial charge is 0.469 e. The number of carbonyl (C=O) groups is 4. The van der Waals surface area contributed by atoms with E-state index in [9.17, 15) is 19.2 Å². The zero-order valence-corrected chi connectivity index (χ0v) is 23.9. The molecule has 0 spiro atoms. The van der Waals surface area contributed by atoms with Gasteiger partial charge in [-0.2, -0.15) is 0 Å². The molecular formula is C33H34N4O6. The van der Waals surface area contributed by atoms with E-state index >= 15 is 0 Å². The molecular weight excluding hydrogens is 548 g/mol. The van der Waals surface area contributed by atoms with E-state index in [4.69, 9.17) is 9.47 Å². The van der Waals surface area contributed by atoms with Crippen LogP contribution >= 0.6 is 0 Å². The number of nitrogens with zero attached hydrogens (tertiary/aromatic N) is 1. The average molecular weight is 583 g/mol. The number of fused-ring (bicyclic) bond motifs is 1. The molecule has 1 heterocycles. The zero-order chi connectivity index (χ0) is 30.4. The van der Waals surface area contributed by atoms with Crippen LogP contribution in [0, 0.1) is 0 Å². The van der Waals surface area contributed by atoms with Crippen molar-refractivity contribution in [2.75, 3.05) is 13.7 Å². The summed E-state index contributed by atoms with van der Waals surface area (Å²) in [7, 11) is 1.33. The number of alkyl carbamates (subject to hydrolysis) is 1. The third-order valence-electron chi connectivity index (χ3n) is 6.64. The minimum absolute atomic E-state index is 0.122. The van der Waals surface area contributed by atoms with Crippen LogP contribution in [0.15, 0.2) is 91.0 Å². The molecule has 0 saturated heterocycles. The molecule has 10 heteroatoms. The molecule has 1 atom stereocenters. The van der Waals surface area contributed by atoms with E-state index in [2.05, 4.69) is 20.9 Å². The number of ether oxygens (including phenoxy) is 2. The van der Waals surface area contributed by atoms with Crippen LogP contribution < -0.4 is 16.0 Å². The summed E-state index contributed by atoms with van der Waals surface area (Å²) in [6.07, 6.45) is 0.211. The van der Waals surface area contributed by atoms with Gasteiger partial charge in [0.25, 0.3) is 5.91 Å². The zero-order valence-electron chi connectivity index (χ0n) is 23.9. The van der Waals surface area contributed by atoms with Crippen molar-refractivity contribution < 1.29 is 28.7 Å².